The lowest BCUT2D eigenvalue weighted by Gasteiger charge is -2.11. The van der Waals surface area contributed by atoms with E-state index in [1.807, 2.05) is 37.3 Å². The van der Waals surface area contributed by atoms with Gasteiger partial charge in [-0.05, 0) is 5.56 Å². The molecule has 1 aromatic carbocycles. The molecule has 60 valence electrons. The number of halogens is 2. The molecular weight excluding hydrogens is 223 g/mol. The van der Waals surface area contributed by atoms with Crippen molar-refractivity contribution >= 4 is 27.5 Å². The molecule has 0 saturated heterocycles. The largest absolute Gasteiger partial charge is 0.117 e. The van der Waals surface area contributed by atoms with E-state index in [4.69, 9.17) is 11.6 Å². The molecule has 0 radical (unpaired) electrons. The van der Waals surface area contributed by atoms with Gasteiger partial charge in [-0.2, -0.15) is 0 Å². The van der Waals surface area contributed by atoms with E-state index in [1.54, 1.807) is 0 Å². The molecule has 0 N–H and O–H groups in total. The van der Waals surface area contributed by atoms with E-state index in [9.17, 15) is 0 Å². The number of hydrogen-bond donors (Lipinski definition) is 0. The van der Waals surface area contributed by atoms with Gasteiger partial charge in [-0.25, -0.2) is 0 Å². The van der Waals surface area contributed by atoms with E-state index in [0.29, 0.717) is 4.83 Å². The summed E-state index contributed by atoms with van der Waals surface area (Å²) in [4.78, 5) is 0.312. The Balaban J connectivity index is 2.77. The minimum Gasteiger partial charge on any atom is -0.117 e. The van der Waals surface area contributed by atoms with Gasteiger partial charge in [-0.1, -0.05) is 53.2 Å². The molecule has 0 heterocycles. The second-order valence-electron chi connectivity index (χ2n) is 2.49. The van der Waals surface area contributed by atoms with Crippen LogP contribution in [0.4, 0.5) is 0 Å². The molecule has 0 aliphatic carbocycles. The van der Waals surface area contributed by atoms with Crippen LogP contribution in [0.3, 0.4) is 0 Å². The molecule has 1 rings (SSSR count). The third-order valence-electron chi connectivity index (χ3n) is 1.52. The second-order valence-corrected chi connectivity index (χ2v) is 4.40. The SMILES string of the molecule is C[C@@H](Br)[C@@H](Cl)c1ccccc1. The molecule has 0 aromatic heterocycles. The fraction of sp³-hybridized carbons (Fsp3) is 0.333. The third kappa shape index (κ3) is 2.49. The Labute approximate surface area is 80.7 Å². The van der Waals surface area contributed by atoms with Gasteiger partial charge in [0.05, 0.1) is 5.38 Å². The molecule has 0 amide bonds. The first kappa shape index (κ1) is 9.08. The fourth-order valence-electron chi connectivity index (χ4n) is 0.902. The first-order valence-electron chi connectivity index (χ1n) is 3.55. The molecule has 0 spiro atoms. The van der Waals surface area contributed by atoms with Crippen molar-refractivity contribution < 1.29 is 0 Å². The Kier molecular flexibility index (Phi) is 3.41. The van der Waals surface area contributed by atoms with Gasteiger partial charge in [0, 0.05) is 4.83 Å². The Hall–Kier alpha value is -0.0100. The molecule has 2 heteroatoms. The lowest BCUT2D eigenvalue weighted by molar-refractivity contribution is 0.920. The van der Waals surface area contributed by atoms with E-state index in [1.165, 1.54) is 5.56 Å². The summed E-state index contributed by atoms with van der Waals surface area (Å²) < 4.78 is 0. The first-order valence-corrected chi connectivity index (χ1v) is 4.90. The number of alkyl halides is 2. The maximum atomic E-state index is 6.09. The topological polar surface area (TPSA) is 0 Å². The van der Waals surface area contributed by atoms with E-state index >= 15 is 0 Å². The van der Waals surface area contributed by atoms with Crippen LogP contribution in [0.25, 0.3) is 0 Å². The smallest absolute Gasteiger partial charge is 0.0707 e. The van der Waals surface area contributed by atoms with Gasteiger partial charge in [0.2, 0.25) is 0 Å². The van der Waals surface area contributed by atoms with Gasteiger partial charge < -0.3 is 0 Å². The molecule has 11 heavy (non-hydrogen) atoms. The lowest BCUT2D eigenvalue weighted by Crippen LogP contribution is -2.00. The average molecular weight is 234 g/mol. The Morgan fingerprint density at radius 2 is 1.82 bits per heavy atom. The highest BCUT2D eigenvalue weighted by molar-refractivity contribution is 9.09. The monoisotopic (exact) mass is 232 g/mol. The number of hydrogen-bond acceptors (Lipinski definition) is 0. The van der Waals surface area contributed by atoms with Crippen molar-refractivity contribution in [3.05, 3.63) is 35.9 Å². The predicted octanol–water partition coefficient (Wildman–Crippen LogP) is 3.75. The summed E-state index contributed by atoms with van der Waals surface area (Å²) in [6.07, 6.45) is 0. The minimum absolute atomic E-state index is 0.0659. The van der Waals surface area contributed by atoms with Crippen LogP contribution >= 0.6 is 27.5 Å². The molecule has 0 aliphatic heterocycles. The highest BCUT2D eigenvalue weighted by atomic mass is 79.9. The predicted molar refractivity (Wildman–Crippen MR) is 53.4 cm³/mol. The van der Waals surface area contributed by atoms with Crippen molar-refractivity contribution in [3.8, 4) is 0 Å². The molecule has 2 atom stereocenters. The van der Waals surface area contributed by atoms with Gasteiger partial charge in [0.1, 0.15) is 0 Å². The number of benzene rings is 1. The minimum atomic E-state index is 0.0659. The normalized spacial score (nSPS) is 15.9. The Morgan fingerprint density at radius 3 is 2.27 bits per heavy atom. The van der Waals surface area contributed by atoms with Gasteiger partial charge in [0.25, 0.3) is 0 Å². The van der Waals surface area contributed by atoms with E-state index in [2.05, 4.69) is 15.9 Å². The highest BCUT2D eigenvalue weighted by Crippen LogP contribution is 2.28. The van der Waals surface area contributed by atoms with Gasteiger partial charge >= 0.3 is 0 Å². The second kappa shape index (κ2) is 4.13. The number of rotatable bonds is 2. The summed E-state index contributed by atoms with van der Waals surface area (Å²) in [6.45, 7) is 2.05. The van der Waals surface area contributed by atoms with Crippen molar-refractivity contribution in [1.29, 1.82) is 0 Å². The van der Waals surface area contributed by atoms with Crippen molar-refractivity contribution in [1.82, 2.24) is 0 Å². The van der Waals surface area contributed by atoms with Crippen LogP contribution < -0.4 is 0 Å². The van der Waals surface area contributed by atoms with Crippen LogP contribution in [0.15, 0.2) is 30.3 Å². The molecule has 0 unspecified atom stereocenters. The van der Waals surface area contributed by atoms with Gasteiger partial charge in [0.15, 0.2) is 0 Å². The first-order chi connectivity index (χ1) is 5.22. The van der Waals surface area contributed by atoms with Gasteiger partial charge in [-0.15, -0.1) is 11.6 Å². The average Bonchev–Trinajstić information content (AvgIpc) is 2.05. The van der Waals surface area contributed by atoms with Crippen LogP contribution in [0.1, 0.15) is 17.9 Å². The Morgan fingerprint density at radius 1 is 1.27 bits per heavy atom. The van der Waals surface area contributed by atoms with E-state index in [0.717, 1.165) is 0 Å². The molecule has 0 aliphatic rings. The summed E-state index contributed by atoms with van der Waals surface area (Å²) in [6, 6.07) is 10.1. The highest BCUT2D eigenvalue weighted by Gasteiger charge is 2.12. The summed E-state index contributed by atoms with van der Waals surface area (Å²) in [7, 11) is 0. The zero-order valence-corrected chi connectivity index (χ0v) is 8.64. The van der Waals surface area contributed by atoms with Crippen molar-refractivity contribution in [2.75, 3.05) is 0 Å². The van der Waals surface area contributed by atoms with Gasteiger partial charge in [-0.3, -0.25) is 0 Å². The zero-order valence-electron chi connectivity index (χ0n) is 6.30. The van der Waals surface area contributed by atoms with Crippen molar-refractivity contribution in [3.63, 3.8) is 0 Å². The van der Waals surface area contributed by atoms with E-state index < -0.39 is 0 Å². The summed E-state index contributed by atoms with van der Waals surface area (Å²) in [5, 5.41) is 0.0659. The van der Waals surface area contributed by atoms with Crippen LogP contribution in [0.5, 0.6) is 0 Å². The van der Waals surface area contributed by atoms with Crippen molar-refractivity contribution in [2.45, 2.75) is 17.1 Å². The van der Waals surface area contributed by atoms with E-state index in [-0.39, 0.29) is 5.38 Å². The molecule has 0 nitrogen and oxygen atoms in total. The van der Waals surface area contributed by atoms with Crippen molar-refractivity contribution in [2.24, 2.45) is 0 Å². The Bertz CT molecular complexity index is 208. The maximum absolute atomic E-state index is 6.09. The summed E-state index contributed by atoms with van der Waals surface area (Å²) >= 11 is 9.54. The molecule has 0 bridgehead atoms. The summed E-state index contributed by atoms with van der Waals surface area (Å²) in [5.41, 5.74) is 1.17. The third-order valence-corrected chi connectivity index (χ3v) is 2.98. The summed E-state index contributed by atoms with van der Waals surface area (Å²) in [5.74, 6) is 0. The van der Waals surface area contributed by atoms with Crippen LogP contribution in [-0.4, -0.2) is 4.83 Å². The van der Waals surface area contributed by atoms with Crippen LogP contribution in [0.2, 0.25) is 0 Å². The quantitative estimate of drug-likeness (QED) is 0.683. The van der Waals surface area contributed by atoms with Crippen LogP contribution in [0, 0.1) is 0 Å². The maximum Gasteiger partial charge on any atom is 0.0707 e. The molecular formula is C9H10BrCl. The lowest BCUT2D eigenvalue weighted by atomic mass is 10.1. The van der Waals surface area contributed by atoms with Crippen LogP contribution in [-0.2, 0) is 0 Å². The standard InChI is InChI=1S/C9H10BrCl/c1-7(10)9(11)8-5-3-2-4-6-8/h2-7,9H,1H3/t7-,9-/m1/s1. The fourth-order valence-corrected chi connectivity index (χ4v) is 1.35. The molecule has 0 saturated carbocycles. The molecule has 1 aromatic rings. The zero-order chi connectivity index (χ0) is 8.27. The molecule has 0 fully saturated rings.